The van der Waals surface area contributed by atoms with Gasteiger partial charge in [-0.1, -0.05) is 53.4 Å². The third-order valence-corrected chi connectivity index (χ3v) is 2.06. The summed E-state index contributed by atoms with van der Waals surface area (Å²) >= 11 is 0. The van der Waals surface area contributed by atoms with E-state index in [1.54, 1.807) is 0 Å². The minimum atomic E-state index is 0. The molecule has 0 rings (SSSR count). The minimum Gasteiger partial charge on any atom is -0.412 e. The van der Waals surface area contributed by atoms with Crippen LogP contribution in [0, 0.1) is 25.7 Å². The van der Waals surface area contributed by atoms with Gasteiger partial charge in [0.1, 0.15) is 0 Å². The quantitative estimate of drug-likeness (QED) is 0.470. The van der Waals surface area contributed by atoms with Crippen molar-refractivity contribution in [2.45, 2.75) is 66.2 Å². The van der Waals surface area contributed by atoms with Crippen molar-refractivity contribution in [3.63, 3.8) is 0 Å². The molecule has 2 N–H and O–H groups in total. The molecule has 0 aromatic rings. The number of hydrogen-bond acceptors (Lipinski definition) is 0. The van der Waals surface area contributed by atoms with E-state index in [-0.39, 0.29) is 31.3 Å². The third-order valence-electron chi connectivity index (χ3n) is 2.06. The summed E-state index contributed by atoms with van der Waals surface area (Å²) in [6.07, 6.45) is 7.44. The second kappa shape index (κ2) is 21.2. The first kappa shape index (κ1) is 25.6. The van der Waals surface area contributed by atoms with Crippen LogP contribution in [0.2, 0.25) is 0 Å². The van der Waals surface area contributed by atoms with Crippen LogP contribution in [-0.4, -0.2) is 5.48 Å². The van der Waals surface area contributed by atoms with Crippen molar-refractivity contribution >= 4 is 0 Å². The molecule has 0 saturated carbocycles. The molecule has 0 aromatic heterocycles. The fraction of sp³-hybridized carbons (Fsp3) is 0.857. The first-order valence-corrected chi connectivity index (χ1v) is 6.13. The molecule has 100 valence electrons. The number of unbranched alkanes of at least 4 members (excludes halogenated alkanes) is 2. The van der Waals surface area contributed by atoms with E-state index in [1.807, 2.05) is 0 Å². The van der Waals surface area contributed by atoms with Crippen LogP contribution in [0.4, 0.5) is 0 Å². The van der Waals surface area contributed by atoms with Gasteiger partial charge in [0.15, 0.2) is 0 Å². The summed E-state index contributed by atoms with van der Waals surface area (Å²) in [4.78, 5) is 0. The van der Waals surface area contributed by atoms with Crippen LogP contribution in [0.5, 0.6) is 0 Å². The van der Waals surface area contributed by atoms with Gasteiger partial charge < -0.3 is 19.3 Å². The van der Waals surface area contributed by atoms with Crippen molar-refractivity contribution in [1.82, 2.24) is 0 Å². The topological polar surface area (TPSA) is 31.5 Å². The molecule has 0 aliphatic carbocycles. The molecule has 0 atom stereocenters. The maximum atomic E-state index is 3.76. The fourth-order valence-corrected chi connectivity index (χ4v) is 1.11. The molecule has 0 aliphatic rings. The maximum absolute atomic E-state index is 3.76. The van der Waals surface area contributed by atoms with E-state index in [2.05, 4.69) is 41.5 Å². The Labute approximate surface area is 123 Å². The first-order valence-electron chi connectivity index (χ1n) is 6.13. The van der Waals surface area contributed by atoms with Crippen molar-refractivity contribution < 1.29 is 31.3 Å². The summed E-state index contributed by atoms with van der Waals surface area (Å²) in [6.45, 7) is 16.5. The molecule has 0 unspecified atom stereocenters. The molecule has 0 aliphatic heterocycles. The molecular weight excluding hydrogens is 363 g/mol. The Kier molecular flexibility index (Phi) is 33.9. The summed E-state index contributed by atoms with van der Waals surface area (Å²) in [6, 6.07) is 0. The van der Waals surface area contributed by atoms with Gasteiger partial charge in [-0.2, -0.15) is 12.8 Å². The van der Waals surface area contributed by atoms with E-state index in [9.17, 15) is 0 Å². The molecular formula is C14H32HfO-2. The number of rotatable bonds is 6. The van der Waals surface area contributed by atoms with Crippen LogP contribution in [0.15, 0.2) is 0 Å². The molecule has 0 amide bonds. The SMILES string of the molecule is O.[CH2-]CCCC(C)C.[CH2-]CCCC(C)C.[Hf]. The second-order valence-corrected chi connectivity index (χ2v) is 4.78. The van der Waals surface area contributed by atoms with Crippen LogP contribution in [-0.2, 0) is 25.8 Å². The molecule has 0 aromatic carbocycles. The summed E-state index contributed by atoms with van der Waals surface area (Å²) < 4.78 is 0. The predicted octanol–water partition coefficient (Wildman–Crippen LogP) is 4.47. The van der Waals surface area contributed by atoms with E-state index in [0.29, 0.717) is 0 Å². The first-order chi connectivity index (χ1) is 6.54. The normalized spacial score (nSPS) is 9.00. The van der Waals surface area contributed by atoms with Crippen molar-refractivity contribution in [2.75, 3.05) is 0 Å². The van der Waals surface area contributed by atoms with Crippen LogP contribution in [0.3, 0.4) is 0 Å². The van der Waals surface area contributed by atoms with Crippen LogP contribution < -0.4 is 0 Å². The molecule has 0 bridgehead atoms. The van der Waals surface area contributed by atoms with Gasteiger partial charge in [-0.15, -0.1) is 0 Å². The van der Waals surface area contributed by atoms with Gasteiger partial charge in [0, 0.05) is 25.8 Å². The summed E-state index contributed by atoms with van der Waals surface area (Å²) in [5, 5.41) is 0. The Bertz CT molecular complexity index is 80.7. The zero-order valence-corrected chi connectivity index (χ0v) is 15.4. The van der Waals surface area contributed by atoms with Gasteiger partial charge in [0.25, 0.3) is 0 Å². The fourth-order valence-electron chi connectivity index (χ4n) is 1.11. The van der Waals surface area contributed by atoms with Crippen LogP contribution >= 0.6 is 0 Å². The van der Waals surface area contributed by atoms with Crippen molar-refractivity contribution in [1.29, 1.82) is 0 Å². The van der Waals surface area contributed by atoms with Gasteiger partial charge in [-0.3, -0.25) is 0 Å². The molecule has 0 heterocycles. The Morgan fingerprint density at radius 3 is 1.06 bits per heavy atom. The summed E-state index contributed by atoms with van der Waals surface area (Å²) in [5.41, 5.74) is 0. The van der Waals surface area contributed by atoms with Crippen molar-refractivity contribution in [3.8, 4) is 0 Å². The van der Waals surface area contributed by atoms with E-state index in [1.165, 1.54) is 25.7 Å². The van der Waals surface area contributed by atoms with Gasteiger partial charge in [-0.25, -0.2) is 0 Å². The van der Waals surface area contributed by atoms with Crippen molar-refractivity contribution in [3.05, 3.63) is 13.8 Å². The Balaban J connectivity index is -0.0000000800. The minimum absolute atomic E-state index is 0. The van der Waals surface area contributed by atoms with E-state index in [0.717, 1.165) is 24.7 Å². The Morgan fingerprint density at radius 2 is 1.00 bits per heavy atom. The molecule has 16 heavy (non-hydrogen) atoms. The molecule has 2 heteroatoms. The third kappa shape index (κ3) is 36.4. The molecule has 0 fully saturated rings. The van der Waals surface area contributed by atoms with E-state index >= 15 is 0 Å². The largest absolute Gasteiger partial charge is 0.412 e. The van der Waals surface area contributed by atoms with Gasteiger partial charge in [0.2, 0.25) is 0 Å². The monoisotopic (exact) mass is 396 g/mol. The Hall–Kier alpha value is 0.830. The molecule has 1 nitrogen and oxygen atoms in total. The zero-order valence-electron chi connectivity index (χ0n) is 11.8. The smallest absolute Gasteiger partial charge is 0 e. The standard InChI is InChI=1S/2C7H15.Hf.H2O/c2*1-4-5-6-7(2)3;;/h2*7H,1,4-6H2,2-3H3;;1H2/q2*-1;;. The predicted molar refractivity (Wildman–Crippen MR) is 71.7 cm³/mol. The van der Waals surface area contributed by atoms with Crippen molar-refractivity contribution in [2.24, 2.45) is 11.8 Å². The molecule has 0 spiro atoms. The summed E-state index contributed by atoms with van der Waals surface area (Å²) in [7, 11) is 0. The van der Waals surface area contributed by atoms with Crippen LogP contribution in [0.1, 0.15) is 66.2 Å². The maximum Gasteiger partial charge on any atom is 0 e. The average Bonchev–Trinajstić information content (AvgIpc) is 2.12. The average molecular weight is 395 g/mol. The van der Waals surface area contributed by atoms with E-state index < -0.39 is 0 Å². The van der Waals surface area contributed by atoms with E-state index in [4.69, 9.17) is 0 Å². The van der Waals surface area contributed by atoms with Gasteiger partial charge >= 0.3 is 0 Å². The molecule has 0 saturated heterocycles. The van der Waals surface area contributed by atoms with Gasteiger partial charge in [-0.05, 0) is 11.8 Å². The number of hydrogen-bond donors (Lipinski definition) is 0. The van der Waals surface area contributed by atoms with Gasteiger partial charge in [0.05, 0.1) is 0 Å². The summed E-state index contributed by atoms with van der Waals surface area (Å²) in [5.74, 6) is 1.73. The molecule has 0 radical (unpaired) electrons. The van der Waals surface area contributed by atoms with Crippen LogP contribution in [0.25, 0.3) is 0 Å². The Morgan fingerprint density at radius 1 is 0.750 bits per heavy atom. The second-order valence-electron chi connectivity index (χ2n) is 4.78. The zero-order chi connectivity index (χ0) is 11.4.